The maximum atomic E-state index is 5.58. The van der Waals surface area contributed by atoms with E-state index in [1.807, 2.05) is 18.2 Å². The van der Waals surface area contributed by atoms with Crippen LogP contribution >= 0.6 is 12.6 Å². The molecule has 15 heavy (non-hydrogen) atoms. The molecular formula is C13H20OS. The first kappa shape index (κ1) is 12.6. The second kappa shape index (κ2) is 8.81. The van der Waals surface area contributed by atoms with E-state index in [1.54, 1.807) is 0 Å². The summed E-state index contributed by atoms with van der Waals surface area (Å²) in [7, 11) is 0. The maximum absolute atomic E-state index is 5.58. The van der Waals surface area contributed by atoms with E-state index in [0.29, 0.717) is 0 Å². The third kappa shape index (κ3) is 6.58. The van der Waals surface area contributed by atoms with Crippen molar-refractivity contribution in [2.45, 2.75) is 32.3 Å². The van der Waals surface area contributed by atoms with Crippen LogP contribution in [0, 0.1) is 0 Å². The Morgan fingerprint density at radius 2 is 1.67 bits per heavy atom. The molecule has 0 aliphatic rings. The van der Waals surface area contributed by atoms with Crippen molar-refractivity contribution in [3.05, 3.63) is 35.9 Å². The lowest BCUT2D eigenvalue weighted by Crippen LogP contribution is -1.95. The maximum Gasteiger partial charge on any atom is 0.0716 e. The Hall–Kier alpha value is -0.470. The summed E-state index contributed by atoms with van der Waals surface area (Å²) in [5.74, 6) is 1.00. The van der Waals surface area contributed by atoms with Crippen molar-refractivity contribution in [2.75, 3.05) is 12.4 Å². The molecule has 0 N–H and O–H groups in total. The predicted molar refractivity (Wildman–Crippen MR) is 68.4 cm³/mol. The van der Waals surface area contributed by atoms with Gasteiger partial charge in [-0.05, 0) is 24.2 Å². The Balaban J connectivity index is 1.93. The Morgan fingerprint density at radius 1 is 0.933 bits per heavy atom. The Bertz CT molecular complexity index is 236. The van der Waals surface area contributed by atoms with Crippen molar-refractivity contribution in [1.29, 1.82) is 0 Å². The zero-order chi connectivity index (χ0) is 10.8. The van der Waals surface area contributed by atoms with Gasteiger partial charge in [-0.15, -0.1) is 0 Å². The van der Waals surface area contributed by atoms with Crippen LogP contribution < -0.4 is 0 Å². The van der Waals surface area contributed by atoms with Crippen LogP contribution in [0.5, 0.6) is 0 Å². The summed E-state index contributed by atoms with van der Waals surface area (Å²) in [4.78, 5) is 0. The average molecular weight is 224 g/mol. The van der Waals surface area contributed by atoms with Gasteiger partial charge < -0.3 is 4.74 Å². The standard InChI is InChI=1S/C13H20OS/c15-11-7-2-1-6-10-14-12-13-8-4-3-5-9-13/h3-5,8-9,15H,1-2,6-7,10-12H2. The second-order valence-electron chi connectivity index (χ2n) is 3.68. The zero-order valence-electron chi connectivity index (χ0n) is 9.19. The van der Waals surface area contributed by atoms with E-state index in [1.165, 1.54) is 31.2 Å². The van der Waals surface area contributed by atoms with Gasteiger partial charge in [0.05, 0.1) is 6.61 Å². The van der Waals surface area contributed by atoms with Crippen molar-refractivity contribution >= 4 is 12.6 Å². The lowest BCUT2D eigenvalue weighted by Gasteiger charge is -2.03. The summed E-state index contributed by atoms with van der Waals surface area (Å²) >= 11 is 4.18. The summed E-state index contributed by atoms with van der Waals surface area (Å²) in [5.41, 5.74) is 1.26. The molecule has 2 heteroatoms. The van der Waals surface area contributed by atoms with Gasteiger partial charge in [-0.25, -0.2) is 0 Å². The first-order chi connectivity index (χ1) is 7.43. The lowest BCUT2D eigenvalue weighted by atomic mass is 10.2. The van der Waals surface area contributed by atoms with Crippen LogP contribution in [0.2, 0.25) is 0 Å². The van der Waals surface area contributed by atoms with E-state index >= 15 is 0 Å². The third-order valence-electron chi connectivity index (χ3n) is 2.31. The zero-order valence-corrected chi connectivity index (χ0v) is 10.1. The molecule has 0 radical (unpaired) electrons. The highest BCUT2D eigenvalue weighted by Crippen LogP contribution is 2.04. The van der Waals surface area contributed by atoms with Crippen molar-refractivity contribution < 1.29 is 4.74 Å². The van der Waals surface area contributed by atoms with Gasteiger partial charge in [-0.1, -0.05) is 43.2 Å². The minimum atomic E-state index is 0.743. The predicted octanol–water partition coefficient (Wildman–Crippen LogP) is 3.69. The molecule has 0 aliphatic carbocycles. The van der Waals surface area contributed by atoms with Gasteiger partial charge in [0.25, 0.3) is 0 Å². The minimum absolute atomic E-state index is 0.743. The third-order valence-corrected chi connectivity index (χ3v) is 2.62. The second-order valence-corrected chi connectivity index (χ2v) is 4.12. The van der Waals surface area contributed by atoms with Crippen LogP contribution in [0.3, 0.4) is 0 Å². The number of ether oxygens (including phenoxy) is 1. The summed E-state index contributed by atoms with van der Waals surface area (Å²) < 4.78 is 5.58. The molecule has 0 spiro atoms. The van der Waals surface area contributed by atoms with E-state index in [-0.39, 0.29) is 0 Å². The Labute approximate surface area is 98.3 Å². The van der Waals surface area contributed by atoms with Crippen LogP contribution in [0.1, 0.15) is 31.2 Å². The van der Waals surface area contributed by atoms with E-state index in [2.05, 4.69) is 24.8 Å². The number of thiol groups is 1. The molecule has 1 aromatic rings. The van der Waals surface area contributed by atoms with Gasteiger partial charge in [0.15, 0.2) is 0 Å². The highest BCUT2D eigenvalue weighted by Gasteiger charge is 1.92. The van der Waals surface area contributed by atoms with Crippen molar-refractivity contribution in [3.8, 4) is 0 Å². The molecule has 0 aromatic heterocycles. The smallest absolute Gasteiger partial charge is 0.0716 e. The number of hydrogen-bond acceptors (Lipinski definition) is 2. The fraction of sp³-hybridized carbons (Fsp3) is 0.538. The fourth-order valence-corrected chi connectivity index (χ4v) is 1.66. The number of unbranched alkanes of at least 4 members (excludes halogenated alkanes) is 3. The first-order valence-electron chi connectivity index (χ1n) is 5.66. The Morgan fingerprint density at radius 3 is 2.40 bits per heavy atom. The number of benzene rings is 1. The fourth-order valence-electron chi connectivity index (χ4n) is 1.43. The molecule has 0 amide bonds. The molecule has 0 bridgehead atoms. The summed E-state index contributed by atoms with van der Waals surface area (Å²) in [6.45, 7) is 1.62. The van der Waals surface area contributed by atoms with E-state index in [4.69, 9.17) is 4.74 Å². The van der Waals surface area contributed by atoms with Crippen molar-refractivity contribution in [2.24, 2.45) is 0 Å². The molecule has 0 saturated heterocycles. The van der Waals surface area contributed by atoms with Crippen LogP contribution in [0.4, 0.5) is 0 Å². The SMILES string of the molecule is SCCCCCCOCc1ccccc1. The molecule has 0 saturated carbocycles. The van der Waals surface area contributed by atoms with Crippen LogP contribution in [0.15, 0.2) is 30.3 Å². The normalized spacial score (nSPS) is 10.5. The highest BCUT2D eigenvalue weighted by atomic mass is 32.1. The number of rotatable bonds is 8. The average Bonchev–Trinajstić information content (AvgIpc) is 2.29. The molecule has 0 fully saturated rings. The van der Waals surface area contributed by atoms with E-state index in [9.17, 15) is 0 Å². The highest BCUT2D eigenvalue weighted by molar-refractivity contribution is 7.80. The largest absolute Gasteiger partial charge is 0.377 e. The minimum Gasteiger partial charge on any atom is -0.377 e. The molecule has 0 heterocycles. The van der Waals surface area contributed by atoms with Gasteiger partial charge in [-0.3, -0.25) is 0 Å². The van der Waals surface area contributed by atoms with Crippen LogP contribution in [-0.4, -0.2) is 12.4 Å². The molecule has 1 nitrogen and oxygen atoms in total. The first-order valence-corrected chi connectivity index (χ1v) is 6.29. The molecule has 0 aliphatic heterocycles. The Kier molecular flexibility index (Phi) is 7.40. The topological polar surface area (TPSA) is 9.23 Å². The quantitative estimate of drug-likeness (QED) is 0.523. The summed E-state index contributed by atoms with van der Waals surface area (Å²) in [5, 5.41) is 0. The lowest BCUT2D eigenvalue weighted by molar-refractivity contribution is 0.117. The molecule has 84 valence electrons. The van der Waals surface area contributed by atoms with Crippen molar-refractivity contribution in [3.63, 3.8) is 0 Å². The van der Waals surface area contributed by atoms with E-state index < -0.39 is 0 Å². The van der Waals surface area contributed by atoms with E-state index in [0.717, 1.165) is 19.0 Å². The molecule has 0 atom stereocenters. The van der Waals surface area contributed by atoms with Gasteiger partial charge in [0.2, 0.25) is 0 Å². The molecule has 1 aromatic carbocycles. The van der Waals surface area contributed by atoms with Crippen LogP contribution in [0.25, 0.3) is 0 Å². The monoisotopic (exact) mass is 224 g/mol. The summed E-state index contributed by atoms with van der Waals surface area (Å²) in [6, 6.07) is 10.3. The number of hydrogen-bond donors (Lipinski definition) is 1. The van der Waals surface area contributed by atoms with Gasteiger partial charge in [0, 0.05) is 6.61 Å². The van der Waals surface area contributed by atoms with Crippen LogP contribution in [-0.2, 0) is 11.3 Å². The molecule has 1 rings (SSSR count). The van der Waals surface area contributed by atoms with Gasteiger partial charge in [0.1, 0.15) is 0 Å². The molecular weight excluding hydrogens is 204 g/mol. The summed E-state index contributed by atoms with van der Waals surface area (Å²) in [6.07, 6.45) is 4.93. The van der Waals surface area contributed by atoms with Crippen molar-refractivity contribution in [1.82, 2.24) is 0 Å². The van der Waals surface area contributed by atoms with Gasteiger partial charge >= 0.3 is 0 Å². The molecule has 0 unspecified atom stereocenters. The van der Waals surface area contributed by atoms with Gasteiger partial charge in [-0.2, -0.15) is 12.6 Å².